The number of hydrogen-bond donors (Lipinski definition) is 1. The number of benzene rings is 2. The molecule has 0 radical (unpaired) electrons. The SMILES string of the molecule is COc1ccc([C@H](C)NC(=O)COc2c(C)cccc2C)cc1OC. The second kappa shape index (κ2) is 8.42. The van der Waals surface area contributed by atoms with Crippen LogP contribution in [0.1, 0.15) is 29.7 Å². The molecule has 1 amide bonds. The zero-order valence-electron chi connectivity index (χ0n) is 15.4. The van der Waals surface area contributed by atoms with Crippen molar-refractivity contribution in [2.75, 3.05) is 20.8 Å². The molecule has 0 saturated heterocycles. The first-order valence-electron chi connectivity index (χ1n) is 8.16. The first-order chi connectivity index (χ1) is 12.0. The topological polar surface area (TPSA) is 56.8 Å². The number of para-hydroxylation sites is 1. The molecule has 0 unspecified atom stereocenters. The van der Waals surface area contributed by atoms with Crippen LogP contribution in [0.15, 0.2) is 36.4 Å². The fourth-order valence-electron chi connectivity index (χ4n) is 2.65. The molecule has 0 aromatic heterocycles. The van der Waals surface area contributed by atoms with E-state index < -0.39 is 0 Å². The molecule has 1 N–H and O–H groups in total. The van der Waals surface area contributed by atoms with Crippen LogP contribution in [0.5, 0.6) is 17.2 Å². The van der Waals surface area contributed by atoms with Gasteiger partial charge in [0, 0.05) is 0 Å². The third kappa shape index (κ3) is 4.66. The van der Waals surface area contributed by atoms with Crippen molar-refractivity contribution in [2.45, 2.75) is 26.8 Å². The lowest BCUT2D eigenvalue weighted by atomic mass is 10.1. The van der Waals surface area contributed by atoms with Gasteiger partial charge in [0.25, 0.3) is 5.91 Å². The molecular formula is C20H25NO4. The number of rotatable bonds is 7. The summed E-state index contributed by atoms with van der Waals surface area (Å²) in [5.74, 6) is 1.87. The highest BCUT2D eigenvalue weighted by atomic mass is 16.5. The predicted molar refractivity (Wildman–Crippen MR) is 97.5 cm³/mol. The lowest BCUT2D eigenvalue weighted by molar-refractivity contribution is -0.123. The van der Waals surface area contributed by atoms with E-state index in [2.05, 4.69) is 5.32 Å². The summed E-state index contributed by atoms with van der Waals surface area (Å²) in [6.45, 7) is 5.82. The van der Waals surface area contributed by atoms with Gasteiger partial charge >= 0.3 is 0 Å². The lowest BCUT2D eigenvalue weighted by Crippen LogP contribution is -2.31. The number of carbonyl (C=O) groups excluding carboxylic acids is 1. The summed E-state index contributed by atoms with van der Waals surface area (Å²) in [4.78, 5) is 12.2. The first kappa shape index (κ1) is 18.6. The first-order valence-corrected chi connectivity index (χ1v) is 8.16. The number of carbonyl (C=O) groups is 1. The van der Waals surface area contributed by atoms with Crippen LogP contribution in [-0.2, 0) is 4.79 Å². The van der Waals surface area contributed by atoms with Gasteiger partial charge in [0.2, 0.25) is 0 Å². The monoisotopic (exact) mass is 343 g/mol. The standard InChI is InChI=1S/C20H25NO4/c1-13-7-6-8-14(2)20(13)25-12-19(22)21-15(3)16-9-10-17(23-4)18(11-16)24-5/h6-11,15H,12H2,1-5H3,(H,21,22)/t15-/m0/s1. The Morgan fingerprint density at radius 3 is 2.28 bits per heavy atom. The maximum absolute atomic E-state index is 12.2. The van der Waals surface area contributed by atoms with Crippen LogP contribution >= 0.6 is 0 Å². The zero-order valence-corrected chi connectivity index (χ0v) is 15.4. The second-order valence-electron chi connectivity index (χ2n) is 5.91. The molecule has 0 aliphatic rings. The van der Waals surface area contributed by atoms with E-state index in [0.29, 0.717) is 11.5 Å². The summed E-state index contributed by atoms with van der Waals surface area (Å²) in [6.07, 6.45) is 0. The zero-order chi connectivity index (χ0) is 18.4. The van der Waals surface area contributed by atoms with Crippen molar-refractivity contribution in [1.82, 2.24) is 5.32 Å². The van der Waals surface area contributed by atoms with Gasteiger partial charge in [-0.3, -0.25) is 4.79 Å². The van der Waals surface area contributed by atoms with Crippen molar-refractivity contribution < 1.29 is 19.0 Å². The molecule has 0 spiro atoms. The van der Waals surface area contributed by atoms with E-state index in [-0.39, 0.29) is 18.6 Å². The van der Waals surface area contributed by atoms with E-state index >= 15 is 0 Å². The Morgan fingerprint density at radius 2 is 1.68 bits per heavy atom. The molecule has 0 heterocycles. The second-order valence-corrected chi connectivity index (χ2v) is 5.91. The fraction of sp³-hybridized carbons (Fsp3) is 0.350. The number of hydrogen-bond acceptors (Lipinski definition) is 4. The van der Waals surface area contributed by atoms with Crippen molar-refractivity contribution in [1.29, 1.82) is 0 Å². The quantitative estimate of drug-likeness (QED) is 0.835. The molecule has 25 heavy (non-hydrogen) atoms. The van der Waals surface area contributed by atoms with Crippen molar-refractivity contribution in [3.8, 4) is 17.2 Å². The van der Waals surface area contributed by atoms with Crippen LogP contribution in [0, 0.1) is 13.8 Å². The summed E-state index contributed by atoms with van der Waals surface area (Å²) >= 11 is 0. The van der Waals surface area contributed by atoms with Gasteiger partial charge in [-0.2, -0.15) is 0 Å². The van der Waals surface area contributed by atoms with Crippen molar-refractivity contribution in [2.24, 2.45) is 0 Å². The predicted octanol–water partition coefficient (Wildman–Crippen LogP) is 3.58. The summed E-state index contributed by atoms with van der Waals surface area (Å²) in [7, 11) is 3.18. The van der Waals surface area contributed by atoms with Crippen molar-refractivity contribution in [3.63, 3.8) is 0 Å². The van der Waals surface area contributed by atoms with Gasteiger partial charge in [0.1, 0.15) is 5.75 Å². The summed E-state index contributed by atoms with van der Waals surface area (Å²) in [6, 6.07) is 11.3. The largest absolute Gasteiger partial charge is 0.493 e. The molecule has 2 aromatic rings. The maximum atomic E-state index is 12.2. The van der Waals surface area contributed by atoms with Gasteiger partial charge in [0.15, 0.2) is 18.1 Å². The number of amides is 1. The molecule has 0 saturated carbocycles. The molecule has 0 bridgehead atoms. The van der Waals surface area contributed by atoms with E-state index in [9.17, 15) is 4.79 Å². The molecule has 134 valence electrons. The van der Waals surface area contributed by atoms with Crippen LogP contribution in [0.3, 0.4) is 0 Å². The molecule has 5 heteroatoms. The third-order valence-corrected chi connectivity index (χ3v) is 4.04. The van der Waals surface area contributed by atoms with Crippen molar-refractivity contribution in [3.05, 3.63) is 53.1 Å². The third-order valence-electron chi connectivity index (χ3n) is 4.04. The minimum Gasteiger partial charge on any atom is -0.493 e. The smallest absolute Gasteiger partial charge is 0.258 e. The van der Waals surface area contributed by atoms with Crippen LogP contribution in [0.25, 0.3) is 0 Å². The molecule has 0 aliphatic heterocycles. The van der Waals surface area contributed by atoms with Crippen LogP contribution in [-0.4, -0.2) is 26.7 Å². The molecule has 2 rings (SSSR count). The van der Waals surface area contributed by atoms with Gasteiger partial charge in [-0.1, -0.05) is 24.3 Å². The summed E-state index contributed by atoms with van der Waals surface area (Å²) in [5, 5.41) is 2.93. The number of ether oxygens (including phenoxy) is 3. The van der Waals surface area contributed by atoms with Crippen LogP contribution in [0.2, 0.25) is 0 Å². The Morgan fingerprint density at radius 1 is 1.04 bits per heavy atom. The fourth-order valence-corrected chi connectivity index (χ4v) is 2.65. The maximum Gasteiger partial charge on any atom is 0.258 e. The highest BCUT2D eigenvalue weighted by Crippen LogP contribution is 2.29. The van der Waals surface area contributed by atoms with Gasteiger partial charge in [0.05, 0.1) is 20.3 Å². The molecule has 1 atom stereocenters. The van der Waals surface area contributed by atoms with Gasteiger partial charge < -0.3 is 19.5 Å². The summed E-state index contributed by atoms with van der Waals surface area (Å²) < 4.78 is 16.2. The van der Waals surface area contributed by atoms with E-state index in [4.69, 9.17) is 14.2 Å². The average molecular weight is 343 g/mol. The molecular weight excluding hydrogens is 318 g/mol. The van der Waals surface area contributed by atoms with Gasteiger partial charge in [-0.15, -0.1) is 0 Å². The highest BCUT2D eigenvalue weighted by molar-refractivity contribution is 5.78. The Kier molecular flexibility index (Phi) is 6.28. The normalized spacial score (nSPS) is 11.6. The minimum absolute atomic E-state index is 0.0245. The van der Waals surface area contributed by atoms with Gasteiger partial charge in [-0.05, 0) is 49.6 Å². The van der Waals surface area contributed by atoms with Crippen LogP contribution in [0.4, 0.5) is 0 Å². The Bertz CT molecular complexity index is 722. The Labute approximate surface area is 148 Å². The molecule has 5 nitrogen and oxygen atoms in total. The number of methoxy groups -OCH3 is 2. The van der Waals surface area contributed by atoms with E-state index in [0.717, 1.165) is 22.4 Å². The van der Waals surface area contributed by atoms with E-state index in [1.54, 1.807) is 14.2 Å². The van der Waals surface area contributed by atoms with Gasteiger partial charge in [-0.25, -0.2) is 0 Å². The van der Waals surface area contributed by atoms with Crippen LogP contribution < -0.4 is 19.5 Å². The molecule has 0 fully saturated rings. The molecule has 2 aromatic carbocycles. The number of nitrogens with one attached hydrogen (secondary N) is 1. The summed E-state index contributed by atoms with van der Waals surface area (Å²) in [5.41, 5.74) is 2.96. The Hall–Kier alpha value is -2.69. The van der Waals surface area contributed by atoms with Crippen molar-refractivity contribution >= 4 is 5.91 Å². The average Bonchev–Trinajstić information content (AvgIpc) is 2.60. The number of aryl methyl sites for hydroxylation is 2. The molecule has 0 aliphatic carbocycles. The van der Waals surface area contributed by atoms with E-state index in [1.807, 2.05) is 57.2 Å². The highest BCUT2D eigenvalue weighted by Gasteiger charge is 2.14. The lowest BCUT2D eigenvalue weighted by Gasteiger charge is -2.17. The Balaban J connectivity index is 1.98. The minimum atomic E-state index is -0.176. The van der Waals surface area contributed by atoms with E-state index in [1.165, 1.54) is 0 Å².